The zero-order valence-corrected chi connectivity index (χ0v) is 19.2. The van der Waals surface area contributed by atoms with Gasteiger partial charge in [-0.25, -0.2) is 0 Å². The first-order valence-electron chi connectivity index (χ1n) is 13.0. The van der Waals surface area contributed by atoms with Crippen LogP contribution in [0.25, 0.3) is 0 Å². The summed E-state index contributed by atoms with van der Waals surface area (Å²) in [6.07, 6.45) is 10.1. The van der Waals surface area contributed by atoms with E-state index in [0.717, 1.165) is 82.5 Å². The molecular formula is C27H37N3O2. The highest BCUT2D eigenvalue weighted by molar-refractivity contribution is 5.91. The first kappa shape index (κ1) is 20.7. The Morgan fingerprint density at radius 1 is 0.938 bits per heavy atom. The van der Waals surface area contributed by atoms with E-state index in [1.54, 1.807) is 0 Å². The van der Waals surface area contributed by atoms with Crippen molar-refractivity contribution in [2.24, 2.45) is 23.2 Å². The van der Waals surface area contributed by atoms with Gasteiger partial charge in [-0.05, 0) is 81.1 Å². The van der Waals surface area contributed by atoms with Crippen molar-refractivity contribution in [1.29, 1.82) is 0 Å². The third-order valence-corrected chi connectivity index (χ3v) is 9.18. The van der Waals surface area contributed by atoms with Crippen LogP contribution >= 0.6 is 0 Å². The second-order valence-electron chi connectivity index (χ2n) is 11.6. The molecule has 1 aromatic rings. The standard InChI is InChI=1S/C27H37N3O2/c31-25(28-23-8-10-29(18-23)17-19-5-2-1-3-6-19)24-7-4-9-30(24)26(32)27-14-20-11-21(15-27)13-22(12-20)16-27/h1-3,5-6,20-24H,4,7-18H2,(H,28,31)/t20?,21?,22?,23-,24-,27?/m0/s1. The molecule has 32 heavy (non-hydrogen) atoms. The van der Waals surface area contributed by atoms with Gasteiger partial charge in [0.1, 0.15) is 6.04 Å². The number of benzene rings is 1. The summed E-state index contributed by atoms with van der Waals surface area (Å²) in [6, 6.07) is 10.5. The molecule has 2 amide bonds. The van der Waals surface area contributed by atoms with Crippen LogP contribution in [0.3, 0.4) is 0 Å². The predicted molar refractivity (Wildman–Crippen MR) is 124 cm³/mol. The monoisotopic (exact) mass is 435 g/mol. The molecule has 0 unspecified atom stereocenters. The number of nitrogens with one attached hydrogen (secondary N) is 1. The Bertz CT molecular complexity index is 834. The normalized spacial score (nSPS) is 38.4. The van der Waals surface area contributed by atoms with Gasteiger partial charge in [-0.15, -0.1) is 0 Å². The maximum atomic E-state index is 13.8. The second kappa shape index (κ2) is 8.16. The zero-order valence-electron chi connectivity index (χ0n) is 19.2. The van der Waals surface area contributed by atoms with Crippen LogP contribution in [0.1, 0.15) is 63.4 Å². The lowest BCUT2D eigenvalue weighted by molar-refractivity contribution is -0.160. The molecule has 6 fully saturated rings. The van der Waals surface area contributed by atoms with Crippen molar-refractivity contribution in [3.63, 3.8) is 0 Å². The van der Waals surface area contributed by atoms with Gasteiger partial charge in [-0.2, -0.15) is 0 Å². The van der Waals surface area contributed by atoms with Gasteiger partial charge in [-0.3, -0.25) is 14.5 Å². The van der Waals surface area contributed by atoms with Gasteiger partial charge in [0.05, 0.1) is 5.41 Å². The SMILES string of the molecule is O=C(N[C@H]1CCN(Cc2ccccc2)C1)[C@@H]1CCCN1C(=O)C12CC3CC(CC(C3)C1)C2. The molecule has 0 aromatic heterocycles. The number of nitrogens with zero attached hydrogens (tertiary/aromatic N) is 2. The number of hydrogen-bond donors (Lipinski definition) is 1. The zero-order chi connectivity index (χ0) is 21.7. The van der Waals surface area contributed by atoms with Crippen molar-refractivity contribution < 1.29 is 9.59 Å². The summed E-state index contributed by atoms with van der Waals surface area (Å²) in [7, 11) is 0. The van der Waals surface area contributed by atoms with Crippen molar-refractivity contribution in [3.05, 3.63) is 35.9 Å². The van der Waals surface area contributed by atoms with Crippen molar-refractivity contribution >= 4 is 11.8 Å². The maximum absolute atomic E-state index is 13.8. The summed E-state index contributed by atoms with van der Waals surface area (Å²) in [5, 5.41) is 3.32. The second-order valence-corrected chi connectivity index (χ2v) is 11.6. The van der Waals surface area contributed by atoms with E-state index in [1.807, 2.05) is 4.90 Å². The number of hydrogen-bond acceptors (Lipinski definition) is 3. The minimum Gasteiger partial charge on any atom is -0.350 e. The van der Waals surface area contributed by atoms with Crippen LogP contribution in [-0.2, 0) is 16.1 Å². The molecule has 4 aliphatic carbocycles. The fourth-order valence-corrected chi connectivity index (χ4v) is 8.19. The molecule has 4 saturated carbocycles. The predicted octanol–water partition coefficient (Wildman–Crippen LogP) is 3.58. The van der Waals surface area contributed by atoms with Crippen LogP contribution in [0, 0.1) is 23.2 Å². The van der Waals surface area contributed by atoms with E-state index in [2.05, 4.69) is 40.5 Å². The van der Waals surface area contributed by atoms with E-state index < -0.39 is 0 Å². The Kier molecular flexibility index (Phi) is 5.28. The molecule has 5 nitrogen and oxygen atoms in total. The summed E-state index contributed by atoms with van der Waals surface area (Å²) in [4.78, 5) is 31.6. The molecule has 0 radical (unpaired) electrons. The third-order valence-electron chi connectivity index (χ3n) is 9.18. The highest BCUT2D eigenvalue weighted by atomic mass is 16.2. The lowest BCUT2D eigenvalue weighted by Crippen LogP contribution is -2.57. The molecule has 4 bridgehead atoms. The van der Waals surface area contributed by atoms with Crippen molar-refractivity contribution in [2.75, 3.05) is 19.6 Å². The molecule has 2 aliphatic heterocycles. The first-order chi connectivity index (χ1) is 15.6. The molecule has 172 valence electrons. The average Bonchev–Trinajstić information content (AvgIpc) is 3.43. The lowest BCUT2D eigenvalue weighted by Gasteiger charge is -2.56. The highest BCUT2D eigenvalue weighted by Crippen LogP contribution is 2.60. The molecule has 7 rings (SSSR count). The first-order valence-corrected chi connectivity index (χ1v) is 13.0. The molecule has 2 heterocycles. The van der Waals surface area contributed by atoms with E-state index in [4.69, 9.17) is 0 Å². The molecule has 0 spiro atoms. The van der Waals surface area contributed by atoms with Gasteiger partial charge in [0.2, 0.25) is 11.8 Å². The van der Waals surface area contributed by atoms with E-state index in [9.17, 15) is 9.59 Å². The Morgan fingerprint density at radius 2 is 1.62 bits per heavy atom. The summed E-state index contributed by atoms with van der Waals surface area (Å²) in [5.74, 6) is 2.69. The fraction of sp³-hybridized carbons (Fsp3) is 0.704. The van der Waals surface area contributed by atoms with Crippen LogP contribution in [0.15, 0.2) is 30.3 Å². The largest absolute Gasteiger partial charge is 0.350 e. The minimum atomic E-state index is -0.251. The molecule has 5 heteroatoms. The molecule has 2 saturated heterocycles. The van der Waals surface area contributed by atoms with Gasteiger partial charge in [0.25, 0.3) is 0 Å². The van der Waals surface area contributed by atoms with E-state index in [-0.39, 0.29) is 23.4 Å². The molecule has 1 aromatic carbocycles. The van der Waals surface area contributed by atoms with Crippen LogP contribution < -0.4 is 5.32 Å². The number of carbonyl (C=O) groups excluding carboxylic acids is 2. The van der Waals surface area contributed by atoms with Crippen molar-refractivity contribution in [1.82, 2.24) is 15.1 Å². The minimum absolute atomic E-state index is 0.0899. The maximum Gasteiger partial charge on any atom is 0.243 e. The summed E-state index contributed by atoms with van der Waals surface area (Å²) >= 11 is 0. The van der Waals surface area contributed by atoms with Gasteiger partial charge < -0.3 is 10.2 Å². The van der Waals surface area contributed by atoms with E-state index in [1.165, 1.54) is 24.8 Å². The number of rotatable bonds is 5. The van der Waals surface area contributed by atoms with Gasteiger partial charge in [0.15, 0.2) is 0 Å². The topological polar surface area (TPSA) is 52.7 Å². The molecule has 1 N–H and O–H groups in total. The Labute approximate surface area is 191 Å². The summed E-state index contributed by atoms with van der Waals surface area (Å²) in [6.45, 7) is 3.62. The highest BCUT2D eigenvalue weighted by Gasteiger charge is 2.56. The van der Waals surface area contributed by atoms with Crippen LogP contribution in [0.5, 0.6) is 0 Å². The Hall–Kier alpha value is -1.88. The van der Waals surface area contributed by atoms with Gasteiger partial charge in [-0.1, -0.05) is 30.3 Å². The van der Waals surface area contributed by atoms with Gasteiger partial charge in [0, 0.05) is 32.2 Å². The van der Waals surface area contributed by atoms with Crippen molar-refractivity contribution in [2.45, 2.75) is 76.4 Å². The van der Waals surface area contributed by atoms with E-state index >= 15 is 0 Å². The van der Waals surface area contributed by atoms with E-state index in [0.29, 0.717) is 5.91 Å². The Balaban J connectivity index is 1.08. The smallest absolute Gasteiger partial charge is 0.243 e. The average molecular weight is 436 g/mol. The van der Waals surface area contributed by atoms with Gasteiger partial charge >= 0.3 is 0 Å². The summed E-state index contributed by atoms with van der Waals surface area (Å²) in [5.41, 5.74) is 1.18. The number of amides is 2. The summed E-state index contributed by atoms with van der Waals surface area (Å²) < 4.78 is 0. The fourth-order valence-electron chi connectivity index (χ4n) is 8.19. The molecule has 6 aliphatic rings. The Morgan fingerprint density at radius 3 is 2.31 bits per heavy atom. The molecular weight excluding hydrogens is 398 g/mol. The van der Waals surface area contributed by atoms with Crippen LogP contribution in [0.4, 0.5) is 0 Å². The van der Waals surface area contributed by atoms with Crippen LogP contribution in [-0.4, -0.2) is 53.3 Å². The molecule has 2 atom stereocenters. The third kappa shape index (κ3) is 3.76. The number of carbonyl (C=O) groups is 2. The quantitative estimate of drug-likeness (QED) is 0.769. The van der Waals surface area contributed by atoms with Crippen molar-refractivity contribution in [3.8, 4) is 0 Å². The lowest BCUT2D eigenvalue weighted by atomic mass is 9.49. The number of likely N-dealkylation sites (tertiary alicyclic amines) is 2. The van der Waals surface area contributed by atoms with Crippen LogP contribution in [0.2, 0.25) is 0 Å².